The SMILES string of the molecule is NCCCNc1cnn(-c2ccc(O)cc2)c1C1CC1. The highest BCUT2D eigenvalue weighted by Gasteiger charge is 2.30. The average Bonchev–Trinajstić information content (AvgIpc) is 3.21. The number of phenols is 1. The monoisotopic (exact) mass is 272 g/mol. The number of rotatable bonds is 6. The predicted octanol–water partition coefficient (Wildman–Crippen LogP) is 2.22. The Labute approximate surface area is 118 Å². The van der Waals surface area contributed by atoms with Crippen LogP contribution in [0.15, 0.2) is 30.5 Å². The van der Waals surface area contributed by atoms with Gasteiger partial charge in [0, 0.05) is 12.5 Å². The summed E-state index contributed by atoms with van der Waals surface area (Å²) in [6.07, 6.45) is 5.27. The zero-order chi connectivity index (χ0) is 13.9. The third-order valence-corrected chi connectivity index (χ3v) is 3.56. The van der Waals surface area contributed by atoms with Crippen LogP contribution in [0.4, 0.5) is 5.69 Å². The van der Waals surface area contributed by atoms with E-state index in [1.54, 1.807) is 12.1 Å². The highest BCUT2D eigenvalue weighted by atomic mass is 16.3. The molecule has 0 amide bonds. The van der Waals surface area contributed by atoms with E-state index in [0.717, 1.165) is 24.3 Å². The lowest BCUT2D eigenvalue weighted by molar-refractivity contribution is 0.475. The summed E-state index contributed by atoms with van der Waals surface area (Å²) >= 11 is 0. The molecular formula is C15H20N4O. The highest BCUT2D eigenvalue weighted by molar-refractivity contribution is 5.53. The highest BCUT2D eigenvalue weighted by Crippen LogP contribution is 2.44. The van der Waals surface area contributed by atoms with Gasteiger partial charge in [0.2, 0.25) is 0 Å². The number of nitrogens with one attached hydrogen (secondary N) is 1. The molecule has 1 aromatic heterocycles. The molecule has 1 fully saturated rings. The van der Waals surface area contributed by atoms with Crippen molar-refractivity contribution < 1.29 is 5.11 Å². The molecule has 1 aliphatic rings. The van der Waals surface area contributed by atoms with Gasteiger partial charge in [-0.1, -0.05) is 0 Å². The van der Waals surface area contributed by atoms with Gasteiger partial charge in [0.1, 0.15) is 5.75 Å². The first-order valence-corrected chi connectivity index (χ1v) is 7.11. The first-order chi connectivity index (χ1) is 9.79. The Kier molecular flexibility index (Phi) is 3.60. The fraction of sp³-hybridized carbons (Fsp3) is 0.400. The molecule has 0 spiro atoms. The third kappa shape index (κ3) is 2.63. The summed E-state index contributed by atoms with van der Waals surface area (Å²) in [5.41, 5.74) is 8.86. The molecule has 1 saturated carbocycles. The molecule has 0 saturated heterocycles. The van der Waals surface area contributed by atoms with Crippen LogP contribution in [0.2, 0.25) is 0 Å². The lowest BCUT2D eigenvalue weighted by Gasteiger charge is -2.10. The van der Waals surface area contributed by atoms with Crippen molar-refractivity contribution in [3.05, 3.63) is 36.2 Å². The summed E-state index contributed by atoms with van der Waals surface area (Å²) < 4.78 is 1.97. The Balaban J connectivity index is 1.88. The number of benzene rings is 1. The van der Waals surface area contributed by atoms with Crippen molar-refractivity contribution in [2.24, 2.45) is 5.73 Å². The molecule has 0 radical (unpaired) electrons. The molecule has 106 valence electrons. The van der Waals surface area contributed by atoms with E-state index < -0.39 is 0 Å². The van der Waals surface area contributed by atoms with Crippen LogP contribution < -0.4 is 11.1 Å². The van der Waals surface area contributed by atoms with Gasteiger partial charge in [-0.2, -0.15) is 5.10 Å². The number of nitrogens with two attached hydrogens (primary N) is 1. The molecule has 1 aromatic carbocycles. The van der Waals surface area contributed by atoms with Crippen molar-refractivity contribution in [3.8, 4) is 11.4 Å². The summed E-state index contributed by atoms with van der Waals surface area (Å²) in [6.45, 7) is 1.56. The molecule has 1 heterocycles. The smallest absolute Gasteiger partial charge is 0.115 e. The van der Waals surface area contributed by atoms with Gasteiger partial charge < -0.3 is 16.2 Å². The topological polar surface area (TPSA) is 76.1 Å². The molecule has 4 N–H and O–H groups in total. The van der Waals surface area contributed by atoms with Crippen LogP contribution in [0.3, 0.4) is 0 Å². The number of anilines is 1. The second-order valence-corrected chi connectivity index (χ2v) is 5.21. The van der Waals surface area contributed by atoms with Gasteiger partial charge in [-0.25, -0.2) is 4.68 Å². The van der Waals surface area contributed by atoms with Crippen molar-refractivity contribution in [3.63, 3.8) is 0 Å². The molecule has 3 rings (SSSR count). The van der Waals surface area contributed by atoms with Crippen LogP contribution in [0.1, 0.15) is 30.9 Å². The number of phenolic OH excluding ortho intramolecular Hbond substituents is 1. The quantitative estimate of drug-likeness (QED) is 0.705. The van der Waals surface area contributed by atoms with Crippen molar-refractivity contribution in [1.82, 2.24) is 9.78 Å². The molecule has 0 atom stereocenters. The minimum atomic E-state index is 0.273. The molecule has 0 unspecified atom stereocenters. The first-order valence-electron chi connectivity index (χ1n) is 7.11. The maximum Gasteiger partial charge on any atom is 0.115 e. The lowest BCUT2D eigenvalue weighted by Crippen LogP contribution is -2.10. The second-order valence-electron chi connectivity index (χ2n) is 5.21. The molecule has 5 nitrogen and oxygen atoms in total. The minimum Gasteiger partial charge on any atom is -0.508 e. The second kappa shape index (κ2) is 5.54. The van der Waals surface area contributed by atoms with E-state index in [1.807, 2.05) is 23.0 Å². The Morgan fingerprint density at radius 3 is 2.70 bits per heavy atom. The van der Waals surface area contributed by atoms with Crippen LogP contribution in [0.25, 0.3) is 5.69 Å². The number of aromatic hydroxyl groups is 1. The van der Waals surface area contributed by atoms with Gasteiger partial charge in [-0.05, 0) is 50.1 Å². The van der Waals surface area contributed by atoms with Crippen LogP contribution in [-0.4, -0.2) is 28.0 Å². The third-order valence-electron chi connectivity index (χ3n) is 3.56. The van der Waals surface area contributed by atoms with Gasteiger partial charge in [0.25, 0.3) is 0 Å². The Hall–Kier alpha value is -2.01. The summed E-state index contributed by atoms with van der Waals surface area (Å²) in [4.78, 5) is 0. The summed E-state index contributed by atoms with van der Waals surface area (Å²) in [5.74, 6) is 0.863. The van der Waals surface area contributed by atoms with Crippen LogP contribution >= 0.6 is 0 Å². The summed E-state index contributed by atoms with van der Waals surface area (Å²) in [5, 5.41) is 17.3. The summed E-state index contributed by atoms with van der Waals surface area (Å²) in [7, 11) is 0. The number of aromatic nitrogens is 2. The summed E-state index contributed by atoms with van der Waals surface area (Å²) in [6, 6.07) is 7.15. The molecule has 1 aliphatic carbocycles. The zero-order valence-electron chi connectivity index (χ0n) is 11.4. The van der Waals surface area contributed by atoms with E-state index in [1.165, 1.54) is 18.5 Å². The predicted molar refractivity (Wildman–Crippen MR) is 79.4 cm³/mol. The largest absolute Gasteiger partial charge is 0.508 e. The molecule has 20 heavy (non-hydrogen) atoms. The Bertz CT molecular complexity index is 572. The lowest BCUT2D eigenvalue weighted by atomic mass is 10.2. The van der Waals surface area contributed by atoms with Gasteiger partial charge in [-0.3, -0.25) is 0 Å². The van der Waals surface area contributed by atoms with Gasteiger partial charge in [0.15, 0.2) is 0 Å². The van der Waals surface area contributed by atoms with Crippen LogP contribution in [0.5, 0.6) is 5.75 Å². The van der Waals surface area contributed by atoms with Crippen molar-refractivity contribution in [2.45, 2.75) is 25.2 Å². The van der Waals surface area contributed by atoms with Gasteiger partial charge in [0.05, 0.1) is 23.3 Å². The maximum atomic E-state index is 9.39. The zero-order valence-corrected chi connectivity index (χ0v) is 11.4. The van der Waals surface area contributed by atoms with E-state index in [4.69, 9.17) is 5.73 Å². The molecule has 2 aromatic rings. The Morgan fingerprint density at radius 2 is 2.05 bits per heavy atom. The fourth-order valence-electron chi connectivity index (χ4n) is 2.37. The first kappa shape index (κ1) is 13.0. The normalized spacial score (nSPS) is 14.4. The molecule has 5 heteroatoms. The van der Waals surface area contributed by atoms with Crippen molar-refractivity contribution in [1.29, 1.82) is 0 Å². The molecule has 0 aliphatic heterocycles. The average molecular weight is 272 g/mol. The van der Waals surface area contributed by atoms with Crippen molar-refractivity contribution >= 4 is 5.69 Å². The fourth-order valence-corrected chi connectivity index (χ4v) is 2.37. The molecular weight excluding hydrogens is 252 g/mol. The van der Waals surface area contributed by atoms with Crippen LogP contribution in [0, 0.1) is 0 Å². The molecule has 0 bridgehead atoms. The number of hydrogen-bond acceptors (Lipinski definition) is 4. The van der Waals surface area contributed by atoms with E-state index in [-0.39, 0.29) is 5.75 Å². The minimum absolute atomic E-state index is 0.273. The van der Waals surface area contributed by atoms with Gasteiger partial charge in [-0.15, -0.1) is 0 Å². The van der Waals surface area contributed by atoms with Gasteiger partial charge >= 0.3 is 0 Å². The maximum absolute atomic E-state index is 9.39. The number of hydrogen-bond donors (Lipinski definition) is 3. The van der Waals surface area contributed by atoms with Crippen LogP contribution in [-0.2, 0) is 0 Å². The van der Waals surface area contributed by atoms with E-state index in [0.29, 0.717) is 12.5 Å². The van der Waals surface area contributed by atoms with E-state index in [9.17, 15) is 5.11 Å². The standard InChI is InChI=1S/C15H20N4O/c16-8-1-9-17-14-10-18-19(15(14)11-2-3-11)12-4-6-13(20)7-5-12/h4-7,10-11,17,20H,1-3,8-9,16H2. The Morgan fingerprint density at radius 1 is 1.30 bits per heavy atom. The number of nitrogens with zero attached hydrogens (tertiary/aromatic N) is 2. The van der Waals surface area contributed by atoms with E-state index >= 15 is 0 Å². The van der Waals surface area contributed by atoms with E-state index in [2.05, 4.69) is 10.4 Å². The van der Waals surface area contributed by atoms with Crippen molar-refractivity contribution in [2.75, 3.05) is 18.4 Å².